The minimum atomic E-state index is -0.714. The standard InChI is InChI=1S/C12H15NO3S/c14-10(11-2-1-7-17-11)8-13-5-3-9(4-6-13)12(15)16/h1-2,7,9H,3-6,8H2,(H,15,16). The van der Waals surface area contributed by atoms with Crippen LogP contribution in [0, 0.1) is 5.92 Å². The summed E-state index contributed by atoms with van der Waals surface area (Å²) < 4.78 is 0. The minimum absolute atomic E-state index is 0.133. The summed E-state index contributed by atoms with van der Waals surface area (Å²) in [4.78, 5) is 25.5. The molecule has 1 aliphatic rings. The molecule has 0 aliphatic carbocycles. The Kier molecular flexibility index (Phi) is 3.91. The molecule has 5 heteroatoms. The van der Waals surface area contributed by atoms with E-state index in [0.29, 0.717) is 32.5 Å². The first kappa shape index (κ1) is 12.3. The predicted molar refractivity (Wildman–Crippen MR) is 65.4 cm³/mol. The fraction of sp³-hybridized carbons (Fsp3) is 0.500. The lowest BCUT2D eigenvalue weighted by molar-refractivity contribution is -0.143. The van der Waals surface area contributed by atoms with E-state index in [-0.39, 0.29) is 11.7 Å². The quantitative estimate of drug-likeness (QED) is 0.830. The fourth-order valence-corrected chi connectivity index (χ4v) is 2.71. The van der Waals surface area contributed by atoms with E-state index < -0.39 is 5.97 Å². The van der Waals surface area contributed by atoms with Crippen molar-refractivity contribution in [2.24, 2.45) is 5.92 Å². The molecule has 4 nitrogen and oxygen atoms in total. The Labute approximate surface area is 104 Å². The zero-order valence-corrected chi connectivity index (χ0v) is 10.3. The van der Waals surface area contributed by atoms with E-state index >= 15 is 0 Å². The van der Waals surface area contributed by atoms with Crippen molar-refractivity contribution in [3.63, 3.8) is 0 Å². The molecule has 17 heavy (non-hydrogen) atoms. The number of hydrogen-bond acceptors (Lipinski definition) is 4. The van der Waals surface area contributed by atoms with Crippen molar-refractivity contribution in [3.05, 3.63) is 22.4 Å². The minimum Gasteiger partial charge on any atom is -0.481 e. The van der Waals surface area contributed by atoms with E-state index in [2.05, 4.69) is 0 Å². The summed E-state index contributed by atoms with van der Waals surface area (Å²) in [6.07, 6.45) is 1.29. The van der Waals surface area contributed by atoms with Gasteiger partial charge in [0, 0.05) is 0 Å². The van der Waals surface area contributed by atoms with Crippen LogP contribution >= 0.6 is 11.3 Å². The van der Waals surface area contributed by atoms with Crippen LogP contribution in [0.4, 0.5) is 0 Å². The number of carbonyl (C=O) groups excluding carboxylic acids is 1. The number of likely N-dealkylation sites (tertiary alicyclic amines) is 1. The first-order valence-corrected chi connectivity index (χ1v) is 6.56. The Morgan fingerprint density at radius 1 is 1.41 bits per heavy atom. The van der Waals surface area contributed by atoms with Gasteiger partial charge in [-0.2, -0.15) is 0 Å². The monoisotopic (exact) mass is 253 g/mol. The highest BCUT2D eigenvalue weighted by Crippen LogP contribution is 2.18. The van der Waals surface area contributed by atoms with Gasteiger partial charge in [-0.15, -0.1) is 11.3 Å². The van der Waals surface area contributed by atoms with Gasteiger partial charge >= 0.3 is 5.97 Å². The van der Waals surface area contributed by atoms with Crippen LogP contribution in [0.3, 0.4) is 0 Å². The topological polar surface area (TPSA) is 57.6 Å². The second-order valence-electron chi connectivity index (χ2n) is 4.29. The number of thiophene rings is 1. The molecule has 0 atom stereocenters. The van der Waals surface area contributed by atoms with Gasteiger partial charge in [0.1, 0.15) is 0 Å². The van der Waals surface area contributed by atoms with Crippen LogP contribution in [0.5, 0.6) is 0 Å². The smallest absolute Gasteiger partial charge is 0.306 e. The number of carboxylic acids is 1. The SMILES string of the molecule is O=C(CN1CCC(C(=O)O)CC1)c1cccs1. The van der Waals surface area contributed by atoms with Gasteiger partial charge in [0.25, 0.3) is 0 Å². The summed E-state index contributed by atoms with van der Waals surface area (Å²) in [6.45, 7) is 1.81. The van der Waals surface area contributed by atoms with Crippen molar-refractivity contribution >= 4 is 23.1 Å². The maximum atomic E-state index is 11.8. The highest BCUT2D eigenvalue weighted by molar-refractivity contribution is 7.12. The molecule has 1 N–H and O–H groups in total. The number of rotatable bonds is 4. The summed E-state index contributed by atoms with van der Waals surface area (Å²) in [5, 5.41) is 10.8. The molecular weight excluding hydrogens is 238 g/mol. The first-order valence-electron chi connectivity index (χ1n) is 5.68. The highest BCUT2D eigenvalue weighted by Gasteiger charge is 2.25. The summed E-state index contributed by atoms with van der Waals surface area (Å²) in [5.41, 5.74) is 0. The number of carbonyl (C=O) groups is 2. The van der Waals surface area contributed by atoms with Crippen LogP contribution < -0.4 is 0 Å². The van der Waals surface area contributed by atoms with Gasteiger partial charge in [0.15, 0.2) is 5.78 Å². The molecule has 1 aliphatic heterocycles. The van der Waals surface area contributed by atoms with Crippen LogP contribution in [0.2, 0.25) is 0 Å². The third kappa shape index (κ3) is 3.14. The largest absolute Gasteiger partial charge is 0.481 e. The molecule has 0 amide bonds. The molecule has 2 heterocycles. The van der Waals surface area contributed by atoms with Gasteiger partial charge in [0.2, 0.25) is 0 Å². The number of carboxylic acid groups (broad SMARTS) is 1. The van der Waals surface area contributed by atoms with E-state index in [4.69, 9.17) is 5.11 Å². The van der Waals surface area contributed by atoms with Gasteiger partial charge in [-0.25, -0.2) is 0 Å². The Morgan fingerprint density at radius 3 is 2.65 bits per heavy atom. The number of nitrogens with zero attached hydrogens (tertiary/aromatic N) is 1. The molecule has 1 saturated heterocycles. The van der Waals surface area contributed by atoms with Gasteiger partial charge < -0.3 is 5.11 Å². The van der Waals surface area contributed by atoms with Crippen LogP contribution in [-0.4, -0.2) is 41.4 Å². The van der Waals surface area contributed by atoms with E-state index in [9.17, 15) is 9.59 Å². The van der Waals surface area contributed by atoms with Crippen molar-refractivity contribution in [2.75, 3.05) is 19.6 Å². The Bertz CT molecular complexity index is 394. The molecule has 0 radical (unpaired) electrons. The van der Waals surface area contributed by atoms with Crippen LogP contribution in [0.1, 0.15) is 22.5 Å². The predicted octanol–water partition coefficient (Wildman–Crippen LogP) is 1.73. The van der Waals surface area contributed by atoms with Crippen LogP contribution in [0.25, 0.3) is 0 Å². The van der Waals surface area contributed by atoms with Crippen LogP contribution in [-0.2, 0) is 4.79 Å². The number of aliphatic carboxylic acids is 1. The average molecular weight is 253 g/mol. The zero-order chi connectivity index (χ0) is 12.3. The Hall–Kier alpha value is -1.20. The van der Waals surface area contributed by atoms with Crippen molar-refractivity contribution in [1.29, 1.82) is 0 Å². The Balaban J connectivity index is 1.82. The van der Waals surface area contributed by atoms with E-state index in [1.54, 1.807) is 0 Å². The fourth-order valence-electron chi connectivity index (χ4n) is 2.06. The zero-order valence-electron chi connectivity index (χ0n) is 9.46. The summed E-state index contributed by atoms with van der Waals surface area (Å²) in [5.74, 6) is -0.814. The molecule has 1 aromatic rings. The number of hydrogen-bond donors (Lipinski definition) is 1. The van der Waals surface area contributed by atoms with Gasteiger partial charge in [-0.05, 0) is 37.4 Å². The maximum Gasteiger partial charge on any atom is 0.306 e. The molecular formula is C12H15NO3S. The van der Waals surface area contributed by atoms with E-state index in [1.165, 1.54) is 11.3 Å². The third-order valence-electron chi connectivity index (χ3n) is 3.10. The van der Waals surface area contributed by atoms with Crippen molar-refractivity contribution in [3.8, 4) is 0 Å². The number of piperidine rings is 1. The Morgan fingerprint density at radius 2 is 2.12 bits per heavy atom. The number of ketones is 1. The molecule has 2 rings (SSSR count). The molecule has 0 saturated carbocycles. The lowest BCUT2D eigenvalue weighted by Crippen LogP contribution is -2.39. The summed E-state index contributed by atoms with van der Waals surface area (Å²) >= 11 is 1.45. The van der Waals surface area contributed by atoms with Crippen molar-refractivity contribution < 1.29 is 14.7 Å². The average Bonchev–Trinajstić information content (AvgIpc) is 2.83. The lowest BCUT2D eigenvalue weighted by atomic mass is 9.97. The molecule has 92 valence electrons. The summed E-state index contributed by atoms with van der Waals surface area (Å²) in [6, 6.07) is 3.70. The highest BCUT2D eigenvalue weighted by atomic mass is 32.1. The van der Waals surface area contributed by atoms with E-state index in [0.717, 1.165) is 4.88 Å². The van der Waals surface area contributed by atoms with Gasteiger partial charge in [0.05, 0.1) is 17.3 Å². The van der Waals surface area contributed by atoms with Crippen molar-refractivity contribution in [1.82, 2.24) is 4.90 Å². The first-order chi connectivity index (χ1) is 8.16. The number of Topliss-reactive ketones (excluding diaryl/α,β-unsaturated/α-hetero) is 1. The van der Waals surface area contributed by atoms with Crippen LogP contribution in [0.15, 0.2) is 17.5 Å². The molecule has 0 unspecified atom stereocenters. The second-order valence-corrected chi connectivity index (χ2v) is 5.24. The van der Waals surface area contributed by atoms with Gasteiger partial charge in [-0.1, -0.05) is 6.07 Å². The third-order valence-corrected chi connectivity index (χ3v) is 4.01. The normalized spacial score (nSPS) is 18.1. The molecule has 0 spiro atoms. The molecule has 1 fully saturated rings. The molecule has 1 aromatic heterocycles. The summed E-state index contributed by atoms with van der Waals surface area (Å²) in [7, 11) is 0. The lowest BCUT2D eigenvalue weighted by Gasteiger charge is -2.29. The van der Waals surface area contributed by atoms with Crippen molar-refractivity contribution in [2.45, 2.75) is 12.8 Å². The van der Waals surface area contributed by atoms with Gasteiger partial charge in [-0.3, -0.25) is 14.5 Å². The molecule has 0 aromatic carbocycles. The maximum absolute atomic E-state index is 11.8. The second kappa shape index (κ2) is 5.42. The molecule has 0 bridgehead atoms. The van der Waals surface area contributed by atoms with E-state index in [1.807, 2.05) is 22.4 Å².